The molecule has 5 rings (SSSR count). The van der Waals surface area contributed by atoms with Gasteiger partial charge in [0.2, 0.25) is 5.91 Å². The molecule has 0 saturated carbocycles. The van der Waals surface area contributed by atoms with E-state index in [0.717, 1.165) is 38.4 Å². The van der Waals surface area contributed by atoms with Crippen molar-refractivity contribution in [3.63, 3.8) is 0 Å². The molecule has 9 heteroatoms. The van der Waals surface area contributed by atoms with Gasteiger partial charge in [-0.3, -0.25) is 9.69 Å². The summed E-state index contributed by atoms with van der Waals surface area (Å²) < 4.78 is 34.3. The normalized spacial score (nSPS) is 21.5. The molecule has 0 aliphatic carbocycles. The second kappa shape index (κ2) is 9.85. The van der Waals surface area contributed by atoms with Crippen molar-refractivity contribution >= 4 is 21.8 Å². The second-order valence-electron chi connectivity index (χ2n) is 9.03. The number of likely N-dealkylation sites (tertiary alicyclic amines) is 1. The van der Waals surface area contributed by atoms with E-state index in [2.05, 4.69) is 26.7 Å². The summed E-state index contributed by atoms with van der Waals surface area (Å²) in [6.45, 7) is 5.12. The van der Waals surface area contributed by atoms with Gasteiger partial charge in [0.25, 0.3) is 10.0 Å². The number of amides is 1. The number of nitrogens with zero attached hydrogens (tertiary/aromatic N) is 3. The zero-order valence-corrected chi connectivity index (χ0v) is 19.9. The largest absolute Gasteiger partial charge is 0.379 e. The number of carbonyl (C=O) groups excluding carboxylic acids is 1. The first-order chi connectivity index (χ1) is 16.5. The molecule has 3 aliphatic rings. The Morgan fingerprint density at radius 3 is 2.41 bits per heavy atom. The molecule has 180 valence electrons. The van der Waals surface area contributed by atoms with E-state index in [1.807, 2.05) is 29.2 Å². The van der Waals surface area contributed by atoms with Crippen LogP contribution in [-0.2, 0) is 19.6 Å². The van der Waals surface area contributed by atoms with Crippen molar-refractivity contribution < 1.29 is 17.9 Å². The summed E-state index contributed by atoms with van der Waals surface area (Å²) in [4.78, 5) is 17.8. The van der Waals surface area contributed by atoms with Crippen LogP contribution in [0.25, 0.3) is 0 Å². The molecule has 0 radical (unpaired) electrons. The van der Waals surface area contributed by atoms with Gasteiger partial charge in [-0.15, -0.1) is 4.40 Å². The van der Waals surface area contributed by atoms with Crippen LogP contribution < -0.4 is 5.32 Å². The van der Waals surface area contributed by atoms with Crippen LogP contribution >= 0.6 is 0 Å². The fraction of sp³-hybridized carbons (Fsp3) is 0.440. The van der Waals surface area contributed by atoms with Gasteiger partial charge in [0.1, 0.15) is 4.90 Å². The lowest BCUT2D eigenvalue weighted by molar-refractivity contribution is -0.127. The number of rotatable bonds is 5. The fourth-order valence-corrected chi connectivity index (χ4v) is 6.15. The second-order valence-corrected chi connectivity index (χ2v) is 10.6. The molecule has 0 spiro atoms. The van der Waals surface area contributed by atoms with E-state index in [4.69, 9.17) is 4.74 Å². The first-order valence-corrected chi connectivity index (χ1v) is 13.3. The average molecular weight is 483 g/mol. The molecule has 3 aliphatic heterocycles. The van der Waals surface area contributed by atoms with Crippen LogP contribution in [0.15, 0.2) is 63.9 Å². The maximum absolute atomic E-state index is 13.3. The third-order valence-electron chi connectivity index (χ3n) is 6.84. The van der Waals surface area contributed by atoms with Crippen molar-refractivity contribution in [2.75, 3.05) is 45.9 Å². The number of fused-ring (bicyclic) bond motifs is 1. The van der Waals surface area contributed by atoms with Gasteiger partial charge < -0.3 is 15.0 Å². The van der Waals surface area contributed by atoms with E-state index in [-0.39, 0.29) is 22.8 Å². The van der Waals surface area contributed by atoms with Crippen molar-refractivity contribution in [3.05, 3.63) is 65.7 Å². The van der Waals surface area contributed by atoms with Gasteiger partial charge in [0.15, 0.2) is 5.84 Å². The van der Waals surface area contributed by atoms with Crippen molar-refractivity contribution in [2.24, 2.45) is 10.3 Å². The number of sulfonamides is 1. The highest BCUT2D eigenvalue weighted by atomic mass is 32.2. The standard InChI is InChI=1S/C25H30N4O4S/c30-25(26-22(19-6-2-1-3-7-19)18-28-14-16-33-17-15-28)20-10-12-29(13-11-20)24-21-8-4-5-9-23(21)34(31,32)27-24/h1-9,20,22H,10-18H2,(H,26,30)/t22-/m0/s1. The van der Waals surface area contributed by atoms with Crippen molar-refractivity contribution in [1.82, 2.24) is 15.1 Å². The number of nitrogens with one attached hydrogen (secondary N) is 1. The smallest absolute Gasteiger partial charge is 0.285 e. The molecular weight excluding hydrogens is 452 g/mol. The van der Waals surface area contributed by atoms with Gasteiger partial charge in [0, 0.05) is 44.2 Å². The Kier molecular flexibility index (Phi) is 6.67. The lowest BCUT2D eigenvalue weighted by atomic mass is 9.94. The molecule has 2 fully saturated rings. The molecule has 1 amide bonds. The van der Waals surface area contributed by atoms with Gasteiger partial charge in [-0.2, -0.15) is 8.42 Å². The summed E-state index contributed by atoms with van der Waals surface area (Å²) in [6, 6.07) is 17.0. The first-order valence-electron chi connectivity index (χ1n) is 11.9. The summed E-state index contributed by atoms with van der Waals surface area (Å²) in [5.74, 6) is 0.452. The van der Waals surface area contributed by atoms with Crippen LogP contribution in [0.4, 0.5) is 0 Å². The zero-order chi connectivity index (χ0) is 23.5. The SMILES string of the molecule is O=C(N[C@@H](CN1CCOCC1)c1ccccc1)C1CCN(C2=NS(=O)(=O)c3ccccc32)CC1. The van der Waals surface area contributed by atoms with Gasteiger partial charge in [0.05, 0.1) is 19.3 Å². The predicted molar refractivity (Wildman–Crippen MR) is 129 cm³/mol. The van der Waals surface area contributed by atoms with Gasteiger partial charge in [-0.05, 0) is 30.5 Å². The number of hydrogen-bond acceptors (Lipinski definition) is 6. The molecule has 2 aromatic rings. The van der Waals surface area contributed by atoms with Crippen LogP contribution in [0.5, 0.6) is 0 Å². The van der Waals surface area contributed by atoms with E-state index >= 15 is 0 Å². The van der Waals surface area contributed by atoms with Crippen molar-refractivity contribution in [3.8, 4) is 0 Å². The number of ether oxygens (including phenoxy) is 1. The van der Waals surface area contributed by atoms with Crippen LogP contribution in [0.3, 0.4) is 0 Å². The molecule has 0 aromatic heterocycles. The molecule has 0 unspecified atom stereocenters. The highest BCUT2D eigenvalue weighted by molar-refractivity contribution is 7.90. The highest BCUT2D eigenvalue weighted by Gasteiger charge is 2.35. The number of hydrogen-bond donors (Lipinski definition) is 1. The number of amidine groups is 1. The Balaban J connectivity index is 1.23. The third kappa shape index (κ3) is 4.87. The predicted octanol–water partition coefficient (Wildman–Crippen LogP) is 2.04. The Hall–Kier alpha value is -2.75. The lowest BCUT2D eigenvalue weighted by Crippen LogP contribution is -2.46. The summed E-state index contributed by atoms with van der Waals surface area (Å²) in [7, 11) is -3.64. The van der Waals surface area contributed by atoms with Gasteiger partial charge >= 0.3 is 0 Å². The molecule has 34 heavy (non-hydrogen) atoms. The van der Waals surface area contributed by atoms with Gasteiger partial charge in [-0.1, -0.05) is 42.5 Å². The molecule has 8 nitrogen and oxygen atoms in total. The Labute approximate surface area is 200 Å². The van der Waals surface area contributed by atoms with Crippen LogP contribution in [0.2, 0.25) is 0 Å². The van der Waals surface area contributed by atoms with Crippen molar-refractivity contribution in [2.45, 2.75) is 23.8 Å². The Bertz CT molecular complexity index is 1150. The molecule has 0 bridgehead atoms. The van der Waals surface area contributed by atoms with Crippen LogP contribution in [0, 0.1) is 5.92 Å². The van der Waals surface area contributed by atoms with Crippen LogP contribution in [-0.4, -0.2) is 75.9 Å². The minimum Gasteiger partial charge on any atom is -0.379 e. The third-order valence-corrected chi connectivity index (χ3v) is 8.17. The van der Waals surface area contributed by atoms with Gasteiger partial charge in [-0.25, -0.2) is 0 Å². The molecule has 1 atom stereocenters. The highest BCUT2D eigenvalue weighted by Crippen LogP contribution is 2.30. The zero-order valence-electron chi connectivity index (χ0n) is 19.1. The van der Waals surface area contributed by atoms with E-state index in [9.17, 15) is 13.2 Å². The monoisotopic (exact) mass is 482 g/mol. The quantitative estimate of drug-likeness (QED) is 0.701. The van der Waals surface area contributed by atoms with E-state index < -0.39 is 10.0 Å². The summed E-state index contributed by atoms with van der Waals surface area (Å²) in [6.07, 6.45) is 1.32. The molecule has 3 heterocycles. The average Bonchev–Trinajstić information content (AvgIpc) is 3.16. The Morgan fingerprint density at radius 1 is 1.00 bits per heavy atom. The minimum atomic E-state index is -3.64. The Morgan fingerprint density at radius 2 is 1.68 bits per heavy atom. The van der Waals surface area contributed by atoms with E-state index in [1.54, 1.807) is 18.2 Å². The summed E-state index contributed by atoms with van der Waals surface area (Å²) in [5, 5.41) is 3.30. The van der Waals surface area contributed by atoms with Crippen molar-refractivity contribution in [1.29, 1.82) is 0 Å². The molecule has 2 saturated heterocycles. The number of benzene rings is 2. The van der Waals surface area contributed by atoms with Crippen LogP contribution in [0.1, 0.15) is 30.0 Å². The maximum Gasteiger partial charge on any atom is 0.285 e. The fourth-order valence-electron chi connectivity index (χ4n) is 4.92. The van der Waals surface area contributed by atoms with E-state index in [1.165, 1.54) is 0 Å². The molecule has 2 aromatic carbocycles. The summed E-state index contributed by atoms with van der Waals surface area (Å²) >= 11 is 0. The van der Waals surface area contributed by atoms with E-state index in [0.29, 0.717) is 37.3 Å². The molecule has 1 N–H and O–H groups in total. The molecular formula is C25H30N4O4S. The first kappa shape index (κ1) is 23.0. The maximum atomic E-state index is 13.3. The number of piperidine rings is 1. The number of morpholine rings is 1. The topological polar surface area (TPSA) is 91.3 Å². The summed E-state index contributed by atoms with van der Waals surface area (Å²) in [5.41, 5.74) is 1.75. The lowest BCUT2D eigenvalue weighted by Gasteiger charge is -2.35. The number of carbonyl (C=O) groups is 1. The minimum absolute atomic E-state index is 0.0585.